The summed E-state index contributed by atoms with van der Waals surface area (Å²) in [6.45, 7) is 4.48. The molecule has 6 aromatic carbocycles. The average Bonchev–Trinajstić information content (AvgIpc) is 3.27. The fourth-order valence-electron chi connectivity index (χ4n) is 7.12. The molecule has 1 atom stereocenters. The lowest BCUT2D eigenvalue weighted by molar-refractivity contribution is 0.644. The number of hydrogen-bond acceptors (Lipinski definition) is 0. The largest absolute Gasteiger partial charge is 0.0911 e. The van der Waals surface area contributed by atoms with Crippen molar-refractivity contribution in [2.75, 3.05) is 0 Å². The summed E-state index contributed by atoms with van der Waals surface area (Å²) in [5.41, 5.74) is 8.60. The molecular weight excluding hydrogens is 536 g/mol. The molecule has 0 bridgehead atoms. The van der Waals surface area contributed by atoms with E-state index in [4.69, 9.17) is 0 Å². The minimum Gasteiger partial charge on any atom is -0.0911 e. The monoisotopic (exact) mass is 560 g/mol. The summed E-state index contributed by atoms with van der Waals surface area (Å²) in [7, 11) is 0. The molecule has 0 nitrogen and oxygen atoms in total. The summed E-state index contributed by atoms with van der Waals surface area (Å²) in [5, 5.41) is 7.84. The molecular formula is C38H25Br. The van der Waals surface area contributed by atoms with Crippen LogP contribution in [0.3, 0.4) is 0 Å². The van der Waals surface area contributed by atoms with Gasteiger partial charge in [0.05, 0.1) is 5.41 Å². The van der Waals surface area contributed by atoms with Crippen LogP contribution in [0.5, 0.6) is 0 Å². The van der Waals surface area contributed by atoms with Crippen LogP contribution in [0.1, 0.15) is 28.7 Å². The van der Waals surface area contributed by atoms with E-state index in [1.807, 2.05) is 0 Å². The maximum atomic E-state index is 4.48. The predicted octanol–water partition coefficient (Wildman–Crippen LogP) is 10.8. The van der Waals surface area contributed by atoms with E-state index in [0.717, 1.165) is 16.5 Å². The fraction of sp³-hybridized carbons (Fsp3) is 0.0526. The van der Waals surface area contributed by atoms with Gasteiger partial charge in [-0.2, -0.15) is 0 Å². The van der Waals surface area contributed by atoms with E-state index in [0.29, 0.717) is 0 Å². The average molecular weight is 562 g/mol. The molecule has 1 heteroatoms. The van der Waals surface area contributed by atoms with E-state index in [2.05, 4.69) is 150 Å². The molecule has 184 valence electrons. The van der Waals surface area contributed by atoms with E-state index in [1.165, 1.54) is 65.7 Å². The second-order valence-electron chi connectivity index (χ2n) is 10.7. The van der Waals surface area contributed by atoms with Gasteiger partial charge >= 0.3 is 0 Å². The fourth-order valence-corrected chi connectivity index (χ4v) is 7.48. The molecule has 0 N–H and O–H groups in total. The Labute approximate surface area is 236 Å². The van der Waals surface area contributed by atoms with Crippen LogP contribution in [0.4, 0.5) is 0 Å². The topological polar surface area (TPSA) is 0 Å². The summed E-state index contributed by atoms with van der Waals surface area (Å²) >= 11 is 3.79. The molecule has 1 spiro atoms. The first-order chi connectivity index (χ1) is 19.2. The number of allylic oxidation sites excluding steroid dienone is 5. The van der Waals surface area contributed by atoms with Crippen molar-refractivity contribution in [3.8, 4) is 11.1 Å². The first kappa shape index (κ1) is 22.8. The third-order valence-electron chi connectivity index (χ3n) is 8.78. The second-order valence-corrected chi connectivity index (χ2v) is 11.6. The maximum absolute atomic E-state index is 4.48. The van der Waals surface area contributed by atoms with Gasteiger partial charge in [0.25, 0.3) is 0 Å². The van der Waals surface area contributed by atoms with Crippen molar-refractivity contribution in [2.24, 2.45) is 0 Å². The van der Waals surface area contributed by atoms with Crippen molar-refractivity contribution in [1.29, 1.82) is 0 Å². The number of halogens is 1. The van der Waals surface area contributed by atoms with E-state index >= 15 is 0 Å². The Morgan fingerprint density at radius 2 is 1.13 bits per heavy atom. The third-order valence-corrected chi connectivity index (χ3v) is 9.27. The first-order valence-corrected chi connectivity index (χ1v) is 14.3. The second kappa shape index (κ2) is 8.40. The summed E-state index contributed by atoms with van der Waals surface area (Å²) < 4.78 is 1.10. The quantitative estimate of drug-likeness (QED) is 0.162. The van der Waals surface area contributed by atoms with Gasteiger partial charge in [-0.25, -0.2) is 0 Å². The summed E-state index contributed by atoms with van der Waals surface area (Å²) in [6.07, 6.45) is 9.64. The van der Waals surface area contributed by atoms with E-state index in [-0.39, 0.29) is 5.41 Å². The van der Waals surface area contributed by atoms with E-state index in [9.17, 15) is 0 Å². The van der Waals surface area contributed by atoms with Crippen LogP contribution in [0.25, 0.3) is 49.0 Å². The lowest BCUT2D eigenvalue weighted by atomic mass is 9.68. The number of benzene rings is 6. The maximum Gasteiger partial charge on any atom is 0.0504 e. The summed E-state index contributed by atoms with van der Waals surface area (Å²) in [6, 6.07) is 38.4. The van der Waals surface area contributed by atoms with Crippen LogP contribution < -0.4 is 0 Å². The minimum atomic E-state index is -0.325. The van der Waals surface area contributed by atoms with Crippen molar-refractivity contribution < 1.29 is 0 Å². The minimum absolute atomic E-state index is 0.325. The molecule has 0 heterocycles. The zero-order chi connectivity index (χ0) is 26.1. The number of hydrogen-bond donors (Lipinski definition) is 0. The number of rotatable bonds is 0. The molecule has 2 aliphatic carbocycles. The molecule has 2 aliphatic rings. The van der Waals surface area contributed by atoms with Crippen molar-refractivity contribution in [3.05, 3.63) is 161 Å². The Kier molecular flexibility index (Phi) is 4.90. The lowest BCUT2D eigenvalue weighted by Crippen LogP contribution is -2.27. The summed E-state index contributed by atoms with van der Waals surface area (Å²) in [4.78, 5) is 0. The van der Waals surface area contributed by atoms with Crippen LogP contribution in [0.15, 0.2) is 138 Å². The molecule has 0 fully saturated rings. The molecule has 0 aromatic heterocycles. The lowest BCUT2D eigenvalue weighted by Gasteiger charge is -2.34. The normalized spacial score (nSPS) is 19.4. The molecule has 0 aliphatic heterocycles. The van der Waals surface area contributed by atoms with Gasteiger partial charge in [-0.1, -0.05) is 126 Å². The predicted molar refractivity (Wildman–Crippen MR) is 170 cm³/mol. The molecule has 0 radical (unpaired) electrons. The Morgan fingerprint density at radius 1 is 0.538 bits per heavy atom. The standard InChI is InChI=1S/C38H25Br/c1-24-11-3-2-10-20-38(35-17-9-8-12-26(24)35)36-19-18-25(39)21-33(36)34-22-31-29-15-6-4-13-27(29)28-14-5-7-16-30(28)32(31)23-37(34)38/h2-19,21-23H,1,20H2/b10-2-,11-3-. The first-order valence-electron chi connectivity index (χ1n) is 13.5. The van der Waals surface area contributed by atoms with Gasteiger partial charge in [0.15, 0.2) is 0 Å². The zero-order valence-corrected chi connectivity index (χ0v) is 23.0. The molecule has 0 amide bonds. The van der Waals surface area contributed by atoms with Crippen LogP contribution in [-0.2, 0) is 5.41 Å². The highest BCUT2D eigenvalue weighted by molar-refractivity contribution is 9.10. The molecule has 8 rings (SSSR count). The summed E-state index contributed by atoms with van der Waals surface area (Å²) in [5.74, 6) is 0. The van der Waals surface area contributed by atoms with Gasteiger partial charge in [-0.05, 0) is 102 Å². The number of fused-ring (bicyclic) bond motifs is 13. The zero-order valence-electron chi connectivity index (χ0n) is 21.4. The van der Waals surface area contributed by atoms with Crippen molar-refractivity contribution in [1.82, 2.24) is 0 Å². The molecule has 0 saturated carbocycles. The Hall–Kier alpha value is -4.20. The Balaban J connectivity index is 1.59. The van der Waals surface area contributed by atoms with E-state index < -0.39 is 0 Å². The molecule has 39 heavy (non-hydrogen) atoms. The van der Waals surface area contributed by atoms with E-state index in [1.54, 1.807) is 0 Å². The Morgan fingerprint density at radius 3 is 1.87 bits per heavy atom. The van der Waals surface area contributed by atoms with Crippen LogP contribution in [-0.4, -0.2) is 0 Å². The van der Waals surface area contributed by atoms with Gasteiger partial charge in [0.1, 0.15) is 0 Å². The molecule has 0 saturated heterocycles. The highest BCUT2D eigenvalue weighted by Crippen LogP contribution is 2.58. The Bertz CT molecular complexity index is 2070. The molecule has 1 unspecified atom stereocenters. The van der Waals surface area contributed by atoms with Crippen molar-refractivity contribution in [2.45, 2.75) is 11.8 Å². The van der Waals surface area contributed by atoms with Crippen molar-refractivity contribution >= 4 is 53.8 Å². The van der Waals surface area contributed by atoms with Gasteiger partial charge in [0, 0.05) is 4.47 Å². The van der Waals surface area contributed by atoms with Crippen LogP contribution in [0, 0.1) is 0 Å². The van der Waals surface area contributed by atoms with Crippen molar-refractivity contribution in [3.63, 3.8) is 0 Å². The van der Waals surface area contributed by atoms with Gasteiger partial charge in [-0.3, -0.25) is 0 Å². The van der Waals surface area contributed by atoms with Gasteiger partial charge in [0.2, 0.25) is 0 Å². The highest BCUT2D eigenvalue weighted by atomic mass is 79.9. The molecule has 6 aromatic rings. The van der Waals surface area contributed by atoms with Crippen LogP contribution in [0.2, 0.25) is 0 Å². The van der Waals surface area contributed by atoms with Gasteiger partial charge < -0.3 is 0 Å². The highest BCUT2D eigenvalue weighted by Gasteiger charge is 2.45. The van der Waals surface area contributed by atoms with Crippen LogP contribution >= 0.6 is 15.9 Å². The SMILES string of the molecule is C=C1/C=C\C=C/CC2(c3ccccc31)c1ccc(Br)cc1-c1cc3c4ccccc4c4ccccc4c3cc12. The third kappa shape index (κ3) is 3.11. The smallest absolute Gasteiger partial charge is 0.0504 e. The van der Waals surface area contributed by atoms with Gasteiger partial charge in [-0.15, -0.1) is 0 Å².